The van der Waals surface area contributed by atoms with Crippen LogP contribution in [0.3, 0.4) is 0 Å². The Bertz CT molecular complexity index is 455. The average molecular weight is 331 g/mol. The molecule has 0 radical (unpaired) electrons. The number of likely N-dealkylation sites (N-methyl/N-ethyl adjacent to an activating group) is 1. The lowest BCUT2D eigenvalue weighted by Crippen LogP contribution is -2.41. The molecule has 1 aromatic rings. The number of carbonyl (C=O) groups is 1. The van der Waals surface area contributed by atoms with Gasteiger partial charge in [-0.15, -0.1) is 24.8 Å². The number of hydrogen-bond donors (Lipinski definition) is 1. The fraction of sp³-hybridized carbons (Fsp3) is 0.636. The lowest BCUT2D eigenvalue weighted by molar-refractivity contribution is -0.132. The molecule has 0 bridgehead atoms. The number of rotatable bonds is 3. The van der Waals surface area contributed by atoms with Gasteiger partial charge in [0.1, 0.15) is 0 Å². The van der Waals surface area contributed by atoms with Crippen LogP contribution in [-0.2, 0) is 18.4 Å². The van der Waals surface area contributed by atoms with Crippen LogP contribution >= 0.6 is 24.8 Å². The zero-order valence-corrected chi connectivity index (χ0v) is 12.8. The Morgan fingerprint density at radius 1 is 1.60 bits per heavy atom. The van der Waals surface area contributed by atoms with Crippen molar-refractivity contribution in [2.75, 3.05) is 13.6 Å². The molecule has 0 aromatic carbocycles. The summed E-state index contributed by atoms with van der Waals surface area (Å²) in [6.45, 7) is -0.0550. The maximum atomic E-state index is 13.0. The largest absolute Gasteiger partial charge is 0.340 e. The van der Waals surface area contributed by atoms with Crippen LogP contribution in [0.2, 0.25) is 0 Å². The highest BCUT2D eigenvalue weighted by molar-refractivity contribution is 5.85. The summed E-state index contributed by atoms with van der Waals surface area (Å²) in [4.78, 5) is 13.4. The lowest BCUT2D eigenvalue weighted by atomic mass is 10.1. The van der Waals surface area contributed by atoms with Crippen LogP contribution in [0, 0.1) is 0 Å². The number of aromatic nitrogens is 2. The summed E-state index contributed by atoms with van der Waals surface area (Å²) in [6, 6.07) is -0.790. The van der Waals surface area contributed by atoms with Crippen molar-refractivity contribution in [2.45, 2.75) is 24.9 Å². The van der Waals surface area contributed by atoms with Crippen LogP contribution in [0.5, 0.6) is 0 Å². The first-order chi connectivity index (χ1) is 8.37. The van der Waals surface area contributed by atoms with Crippen LogP contribution in [-0.4, -0.2) is 46.1 Å². The molecule has 1 aliphatic heterocycles. The van der Waals surface area contributed by atoms with Crippen molar-refractivity contribution in [3.05, 3.63) is 18.0 Å². The SMILES string of the molecule is CN(Cc1cnn(C)c1)C(=O)C1CC(F)(F)CN1.Cl.Cl. The van der Waals surface area contributed by atoms with Gasteiger partial charge in [-0.1, -0.05) is 0 Å². The topological polar surface area (TPSA) is 50.2 Å². The Morgan fingerprint density at radius 2 is 2.25 bits per heavy atom. The van der Waals surface area contributed by atoms with E-state index in [0.29, 0.717) is 6.54 Å². The molecule has 9 heteroatoms. The van der Waals surface area contributed by atoms with E-state index in [0.717, 1.165) is 5.56 Å². The highest BCUT2D eigenvalue weighted by Crippen LogP contribution is 2.26. The minimum absolute atomic E-state index is 0. The number of nitrogens with one attached hydrogen (secondary N) is 1. The Balaban J connectivity index is 0.00000180. The smallest absolute Gasteiger partial charge is 0.262 e. The first-order valence-electron chi connectivity index (χ1n) is 5.71. The van der Waals surface area contributed by atoms with Gasteiger partial charge in [0.15, 0.2) is 0 Å². The highest BCUT2D eigenvalue weighted by atomic mass is 35.5. The van der Waals surface area contributed by atoms with Crippen LogP contribution < -0.4 is 5.32 Å². The molecular weight excluding hydrogens is 313 g/mol. The second-order valence-electron chi connectivity index (χ2n) is 4.71. The summed E-state index contributed by atoms with van der Waals surface area (Å²) in [5.74, 6) is -3.09. The molecule has 5 nitrogen and oxygen atoms in total. The molecule has 0 spiro atoms. The van der Waals surface area contributed by atoms with Gasteiger partial charge in [-0.3, -0.25) is 14.8 Å². The summed E-state index contributed by atoms with van der Waals surface area (Å²) in [7, 11) is 3.39. The van der Waals surface area contributed by atoms with Gasteiger partial charge >= 0.3 is 0 Å². The van der Waals surface area contributed by atoms with Crippen LogP contribution in [0.15, 0.2) is 12.4 Å². The molecule has 1 unspecified atom stereocenters. The van der Waals surface area contributed by atoms with Gasteiger partial charge in [-0.2, -0.15) is 5.10 Å². The van der Waals surface area contributed by atoms with E-state index in [2.05, 4.69) is 10.4 Å². The van der Waals surface area contributed by atoms with E-state index >= 15 is 0 Å². The normalized spacial score (nSPS) is 19.9. The number of alkyl halides is 2. The van der Waals surface area contributed by atoms with Crippen molar-refractivity contribution in [2.24, 2.45) is 7.05 Å². The van der Waals surface area contributed by atoms with E-state index < -0.39 is 24.9 Å². The van der Waals surface area contributed by atoms with Gasteiger partial charge in [-0.25, -0.2) is 8.78 Å². The minimum atomic E-state index is -2.78. The first kappa shape index (κ1) is 19.1. The van der Waals surface area contributed by atoms with E-state index in [1.807, 2.05) is 0 Å². The Kier molecular flexibility index (Phi) is 6.86. The number of carbonyl (C=O) groups excluding carboxylic acids is 1. The fourth-order valence-electron chi connectivity index (χ4n) is 2.06. The monoisotopic (exact) mass is 330 g/mol. The third-order valence-electron chi connectivity index (χ3n) is 2.96. The van der Waals surface area contributed by atoms with E-state index in [-0.39, 0.29) is 30.7 Å². The molecule has 1 N–H and O–H groups in total. The zero-order valence-electron chi connectivity index (χ0n) is 11.2. The van der Waals surface area contributed by atoms with Crippen molar-refractivity contribution < 1.29 is 13.6 Å². The van der Waals surface area contributed by atoms with E-state index in [1.54, 1.807) is 31.2 Å². The maximum absolute atomic E-state index is 13.0. The number of aryl methyl sites for hydroxylation is 1. The van der Waals surface area contributed by atoms with Crippen molar-refractivity contribution >= 4 is 30.7 Å². The molecule has 2 heterocycles. The Hall–Kier alpha value is -0.920. The highest BCUT2D eigenvalue weighted by Gasteiger charge is 2.43. The van der Waals surface area contributed by atoms with Crippen molar-refractivity contribution in [3.8, 4) is 0 Å². The quantitative estimate of drug-likeness (QED) is 0.906. The van der Waals surface area contributed by atoms with Gasteiger partial charge < -0.3 is 4.90 Å². The van der Waals surface area contributed by atoms with Crippen LogP contribution in [0.4, 0.5) is 8.78 Å². The molecule has 1 amide bonds. The van der Waals surface area contributed by atoms with Crippen LogP contribution in [0.25, 0.3) is 0 Å². The third kappa shape index (κ3) is 4.57. The van der Waals surface area contributed by atoms with Gasteiger partial charge in [-0.05, 0) is 0 Å². The number of nitrogens with zero attached hydrogens (tertiary/aromatic N) is 3. The molecule has 1 fully saturated rings. The van der Waals surface area contributed by atoms with Gasteiger partial charge in [0, 0.05) is 38.8 Å². The van der Waals surface area contributed by atoms with Crippen molar-refractivity contribution in [3.63, 3.8) is 0 Å². The maximum Gasteiger partial charge on any atom is 0.262 e. The number of hydrogen-bond acceptors (Lipinski definition) is 3. The first-order valence-corrected chi connectivity index (χ1v) is 5.71. The van der Waals surface area contributed by atoms with E-state index in [1.165, 1.54) is 4.90 Å². The average Bonchev–Trinajstić information content (AvgIpc) is 2.83. The van der Waals surface area contributed by atoms with Gasteiger partial charge in [0.05, 0.1) is 18.8 Å². The Morgan fingerprint density at radius 3 is 2.70 bits per heavy atom. The molecule has 1 aromatic heterocycles. The van der Waals surface area contributed by atoms with Crippen LogP contribution in [0.1, 0.15) is 12.0 Å². The third-order valence-corrected chi connectivity index (χ3v) is 2.96. The molecule has 1 saturated heterocycles. The van der Waals surface area contributed by atoms with E-state index in [4.69, 9.17) is 0 Å². The predicted molar refractivity (Wildman–Crippen MR) is 75.5 cm³/mol. The molecule has 1 aliphatic rings. The summed E-state index contributed by atoms with van der Waals surface area (Å²) < 4.78 is 27.6. The summed E-state index contributed by atoms with van der Waals surface area (Å²) in [6.07, 6.45) is 3.02. The molecule has 1 atom stereocenters. The van der Waals surface area contributed by atoms with Gasteiger partial charge in [0.25, 0.3) is 5.92 Å². The number of halogens is 4. The second kappa shape index (κ2) is 7.19. The minimum Gasteiger partial charge on any atom is -0.340 e. The van der Waals surface area contributed by atoms with Gasteiger partial charge in [0.2, 0.25) is 5.91 Å². The molecule has 0 saturated carbocycles. The molecule has 20 heavy (non-hydrogen) atoms. The molecule has 116 valence electrons. The van der Waals surface area contributed by atoms with Crippen molar-refractivity contribution in [1.82, 2.24) is 20.0 Å². The van der Waals surface area contributed by atoms with Crippen molar-refractivity contribution in [1.29, 1.82) is 0 Å². The molecular formula is C11H18Cl2F2N4O. The molecule has 2 rings (SSSR count). The van der Waals surface area contributed by atoms with E-state index in [9.17, 15) is 13.6 Å². The zero-order chi connectivity index (χ0) is 13.3. The predicted octanol–water partition coefficient (Wildman–Crippen LogP) is 1.22. The standard InChI is InChI=1S/C11H16F2N4O.2ClH/c1-16(5-8-4-15-17(2)6-8)10(18)9-3-11(12,13)7-14-9;;/h4,6,9,14H,3,5,7H2,1-2H3;2*1H. The second-order valence-corrected chi connectivity index (χ2v) is 4.71. The summed E-state index contributed by atoms with van der Waals surface area (Å²) in [5.41, 5.74) is 0.873. The summed E-state index contributed by atoms with van der Waals surface area (Å²) >= 11 is 0. The molecule has 0 aliphatic carbocycles. The lowest BCUT2D eigenvalue weighted by Gasteiger charge is -2.20. The Labute approximate surface area is 128 Å². The fourth-order valence-corrected chi connectivity index (χ4v) is 2.06. The number of amides is 1. The summed E-state index contributed by atoms with van der Waals surface area (Å²) in [5, 5.41) is 6.55.